The fourth-order valence-electron chi connectivity index (χ4n) is 5.42. The summed E-state index contributed by atoms with van der Waals surface area (Å²) in [5, 5.41) is 13.7. The first-order valence-electron chi connectivity index (χ1n) is 16.5. The Morgan fingerprint density at radius 3 is 2.11 bits per heavy atom. The minimum atomic E-state index is -0.337. The summed E-state index contributed by atoms with van der Waals surface area (Å²) in [6, 6.07) is 24.9. The van der Waals surface area contributed by atoms with Gasteiger partial charge in [0.05, 0.1) is 0 Å². The molecule has 0 bridgehead atoms. The molecule has 2 aromatic carbocycles. The smallest absolute Gasteiger partial charge is 0.164 e. The number of rotatable bonds is 9. The van der Waals surface area contributed by atoms with Crippen molar-refractivity contribution < 1.29 is 30.0 Å². The Balaban J connectivity index is 0.000000290. The van der Waals surface area contributed by atoms with E-state index in [0.29, 0.717) is 0 Å². The number of aromatic nitrogens is 2. The molecule has 3 aromatic heterocycles. The van der Waals surface area contributed by atoms with Crippen molar-refractivity contribution in [3.8, 4) is 21.7 Å². The summed E-state index contributed by atoms with van der Waals surface area (Å²) in [5.74, 6) is 0.286. The molecule has 3 heterocycles. The number of ketones is 1. The second-order valence-corrected chi connectivity index (χ2v) is 14.8. The van der Waals surface area contributed by atoms with Gasteiger partial charge in [0.15, 0.2) is 5.78 Å². The normalized spacial score (nSPS) is 12.4. The molecule has 6 heteroatoms. The van der Waals surface area contributed by atoms with Gasteiger partial charge in [0, 0.05) is 65.4 Å². The molecule has 5 aromatic rings. The van der Waals surface area contributed by atoms with E-state index in [0.717, 1.165) is 52.7 Å². The van der Waals surface area contributed by atoms with Crippen LogP contribution in [0.5, 0.6) is 0 Å². The average molecular weight is 826 g/mol. The molecule has 4 nitrogen and oxygen atoms in total. The minimum absolute atomic E-state index is 0. The molecule has 1 radical (unpaired) electrons. The van der Waals surface area contributed by atoms with Crippen molar-refractivity contribution in [1.29, 1.82) is 0 Å². The number of nitrogens with zero attached hydrogens (tertiary/aromatic N) is 2. The summed E-state index contributed by atoms with van der Waals surface area (Å²) in [5.41, 5.74) is 3.91. The number of aliphatic hydroxyl groups is 1. The Labute approximate surface area is 299 Å². The number of carbonyl (C=O) groups is 1. The zero-order valence-corrected chi connectivity index (χ0v) is 32.5. The second-order valence-electron chi connectivity index (χ2n) is 13.8. The van der Waals surface area contributed by atoms with E-state index in [-0.39, 0.29) is 47.9 Å². The summed E-state index contributed by atoms with van der Waals surface area (Å²) in [7, 11) is 0. The molecule has 0 spiro atoms. The fourth-order valence-corrected chi connectivity index (χ4v) is 6.42. The Morgan fingerprint density at radius 2 is 1.49 bits per heavy atom. The maximum absolute atomic E-state index is 12.2. The molecule has 0 aliphatic carbocycles. The molecule has 0 aliphatic rings. The van der Waals surface area contributed by atoms with E-state index in [1.807, 2.05) is 60.0 Å². The number of thiophene rings is 1. The number of hydrogen-bond acceptors (Lipinski definition) is 5. The molecule has 0 saturated heterocycles. The maximum atomic E-state index is 12.2. The zero-order chi connectivity index (χ0) is 33.7. The molecule has 0 unspecified atom stereocenters. The standard InChI is InChI=1S/C26H21N2S.C15H28O2.Ir/c1-26(2,3)22-14-20(13-17-7-4-5-9-21(17)22)23-15-18(10-12-27-23)24-16-19-8-6-11-28-25(19)29-24;1-7-14(5,8-2)12(16)11-13(17)15(6,9-3)10-4;/h4-12,14-16H,1-3H3;11,16H,7-10H2,1-6H3;/q-1;;/b;12-11-;. The second kappa shape index (κ2) is 15.8. The van der Waals surface area contributed by atoms with E-state index < -0.39 is 0 Å². The minimum Gasteiger partial charge on any atom is -0.512 e. The van der Waals surface area contributed by atoms with Gasteiger partial charge in [-0.3, -0.25) is 9.78 Å². The van der Waals surface area contributed by atoms with Crippen LogP contribution in [-0.2, 0) is 30.3 Å². The van der Waals surface area contributed by atoms with Crippen molar-refractivity contribution in [2.24, 2.45) is 10.8 Å². The molecule has 1 N–H and O–H groups in total. The van der Waals surface area contributed by atoms with Gasteiger partial charge in [-0.15, -0.1) is 40.5 Å². The molecule has 0 atom stereocenters. The summed E-state index contributed by atoms with van der Waals surface area (Å²) in [4.78, 5) is 23.6. The molecule has 251 valence electrons. The van der Waals surface area contributed by atoms with Crippen LogP contribution in [0.3, 0.4) is 0 Å². The monoisotopic (exact) mass is 826 g/mol. The van der Waals surface area contributed by atoms with Crippen LogP contribution in [0.2, 0.25) is 0 Å². The van der Waals surface area contributed by atoms with Crippen molar-refractivity contribution in [2.75, 3.05) is 0 Å². The SMILES string of the molecule is CC(C)(C)c1cc(-c2cc(-c3cc4cccnc4s3)ccn2)[c-]c2ccccc12.CCC(C)(CC)C(=O)/C=C(\O)C(C)(CC)CC.[Ir]. The van der Waals surface area contributed by atoms with Gasteiger partial charge < -0.3 is 5.11 Å². The van der Waals surface area contributed by atoms with Crippen LogP contribution < -0.4 is 0 Å². The first-order valence-corrected chi connectivity index (χ1v) is 17.3. The largest absolute Gasteiger partial charge is 0.512 e. The van der Waals surface area contributed by atoms with E-state index in [1.165, 1.54) is 27.3 Å². The molecular formula is C41H49IrN2O2S-. The first-order chi connectivity index (χ1) is 21.8. The summed E-state index contributed by atoms with van der Waals surface area (Å²) in [6.07, 6.45) is 8.49. The van der Waals surface area contributed by atoms with Crippen LogP contribution in [0, 0.1) is 16.9 Å². The number of allylic oxidation sites excluding steroid dienone is 2. The van der Waals surface area contributed by atoms with E-state index in [2.05, 4.69) is 91.4 Å². The molecule has 0 aliphatic heterocycles. The third-order valence-electron chi connectivity index (χ3n) is 9.80. The van der Waals surface area contributed by atoms with Gasteiger partial charge in [0.2, 0.25) is 0 Å². The van der Waals surface area contributed by atoms with E-state index in [9.17, 15) is 9.90 Å². The number of aliphatic hydroxyl groups excluding tert-OH is 1. The molecule has 0 amide bonds. The number of hydrogen-bond donors (Lipinski definition) is 1. The fraction of sp³-hybridized carbons (Fsp3) is 0.390. The Kier molecular flexibility index (Phi) is 12.9. The molecule has 0 saturated carbocycles. The molecule has 5 rings (SSSR count). The van der Waals surface area contributed by atoms with Gasteiger partial charge in [-0.05, 0) is 54.9 Å². The Morgan fingerprint density at radius 1 is 0.830 bits per heavy atom. The van der Waals surface area contributed by atoms with Gasteiger partial charge in [0.1, 0.15) is 10.6 Å². The van der Waals surface area contributed by atoms with Gasteiger partial charge >= 0.3 is 0 Å². The Bertz CT molecular complexity index is 1810. The predicted octanol–water partition coefficient (Wildman–Crippen LogP) is 11.9. The quantitative estimate of drug-likeness (QED) is 0.0913. The van der Waals surface area contributed by atoms with Crippen LogP contribution >= 0.6 is 11.3 Å². The van der Waals surface area contributed by atoms with Crippen LogP contribution in [0.4, 0.5) is 0 Å². The van der Waals surface area contributed by atoms with Crippen molar-refractivity contribution in [3.05, 3.63) is 96.5 Å². The number of pyridine rings is 2. The summed E-state index contributed by atoms with van der Waals surface area (Å²) >= 11 is 1.72. The molecule has 0 fully saturated rings. The predicted molar refractivity (Wildman–Crippen MR) is 196 cm³/mol. The van der Waals surface area contributed by atoms with E-state index in [1.54, 1.807) is 11.3 Å². The van der Waals surface area contributed by atoms with Crippen molar-refractivity contribution >= 4 is 38.1 Å². The number of fused-ring (bicyclic) bond motifs is 2. The van der Waals surface area contributed by atoms with Crippen molar-refractivity contribution in [2.45, 2.75) is 93.4 Å². The van der Waals surface area contributed by atoms with Gasteiger partial charge in [-0.1, -0.05) is 104 Å². The molecule has 47 heavy (non-hydrogen) atoms. The average Bonchev–Trinajstić information content (AvgIpc) is 3.51. The first kappa shape index (κ1) is 38.3. The third kappa shape index (κ3) is 8.65. The van der Waals surface area contributed by atoms with Crippen LogP contribution in [0.25, 0.3) is 42.7 Å². The summed E-state index contributed by atoms with van der Waals surface area (Å²) < 4.78 is 0. The van der Waals surface area contributed by atoms with Gasteiger partial charge in [-0.2, -0.15) is 0 Å². The van der Waals surface area contributed by atoms with Gasteiger partial charge in [0.25, 0.3) is 0 Å². The van der Waals surface area contributed by atoms with Crippen LogP contribution in [-0.4, -0.2) is 20.9 Å². The number of benzene rings is 2. The van der Waals surface area contributed by atoms with E-state index in [4.69, 9.17) is 0 Å². The van der Waals surface area contributed by atoms with E-state index >= 15 is 0 Å². The Hall–Kier alpha value is -3.18. The van der Waals surface area contributed by atoms with Crippen molar-refractivity contribution in [3.63, 3.8) is 0 Å². The summed E-state index contributed by atoms with van der Waals surface area (Å²) in [6.45, 7) is 18.9. The van der Waals surface area contributed by atoms with Crippen molar-refractivity contribution in [1.82, 2.24) is 9.97 Å². The van der Waals surface area contributed by atoms with Gasteiger partial charge in [-0.25, -0.2) is 4.98 Å². The molecular weight excluding hydrogens is 777 g/mol. The third-order valence-corrected chi connectivity index (χ3v) is 10.9. The topological polar surface area (TPSA) is 63.1 Å². The van der Waals surface area contributed by atoms with Crippen LogP contribution in [0.15, 0.2) is 84.9 Å². The van der Waals surface area contributed by atoms with Crippen LogP contribution in [0.1, 0.15) is 93.6 Å². The number of carbonyl (C=O) groups excluding carboxylic acids is 1. The zero-order valence-electron chi connectivity index (χ0n) is 29.3. The maximum Gasteiger partial charge on any atom is 0.164 e.